The largest absolute Gasteiger partial charge is 0.508 e. The predicted molar refractivity (Wildman–Crippen MR) is 325 cm³/mol. The Bertz CT molecular complexity index is 3450. The van der Waals surface area contributed by atoms with Crippen LogP contribution in [0.2, 0.25) is 21.3 Å². The number of hydrogen-bond acceptors (Lipinski definition) is 11. The van der Waals surface area contributed by atoms with E-state index in [1.54, 1.807) is 12.4 Å². The molecule has 0 spiro atoms. The first-order valence-corrected chi connectivity index (χ1v) is 27.5. The van der Waals surface area contributed by atoms with E-state index in [2.05, 4.69) is 215 Å². The number of rotatable bonds is 8. The van der Waals surface area contributed by atoms with Gasteiger partial charge in [-0.15, -0.1) is 30.3 Å². The molecule has 3 aliphatic heterocycles. The predicted octanol–water partition coefficient (Wildman–Crippen LogP) is 14.0. The standard InChI is InChI=1S/C61H68B6N5O7.Pt/c1-57(2,3)43-32-33-69-55(35-43)72-51-31-28-42(41-22-17-16-18-23-41)34-48(51)47-30-29-45(37-54(47)72)73-46-36-44(38-68-39-46)70-40-71(53-27-20-19-26-52(53)70)56-49(62-74-64(58(4,5)6)78-65(75-62)59(7,8)9)24-21-25-50(56)63-76-66(60(10,11)12)79-67(77-63)61(13,14)15;/h16-35,38-40H,1-15H3;/q-3;. The zero-order valence-corrected chi connectivity index (χ0v) is 50.9. The molecule has 2 saturated heterocycles. The van der Waals surface area contributed by atoms with Crippen molar-refractivity contribution in [3.8, 4) is 28.4 Å². The van der Waals surface area contributed by atoms with E-state index >= 15 is 0 Å². The number of nitrogens with zero attached hydrogens (tertiary/aromatic N) is 5. The average molecular weight is 1240 g/mol. The fraction of sp³-hybridized carbons (Fsp3) is 0.328. The minimum absolute atomic E-state index is 0. The van der Waals surface area contributed by atoms with Gasteiger partial charge in [0.2, 0.25) is 0 Å². The van der Waals surface area contributed by atoms with E-state index in [0.717, 1.165) is 66.7 Å². The SMILES string of the molecule is CC(C)(C)B1OB(c2cccc(B3OB(C(C)(C)C)OB(C(C)(C)C)O3)c2N2[CH-]N(c3[c-]c(Oc4[c-]c5c(cc4)c4cc(-c6ccccc6)ccc4n5-c4cc(C(C)(C)C)ccn4)cnc3)c3ccccc32)OB(C(C)(C)C)O1.[Pt]. The van der Waals surface area contributed by atoms with Crippen molar-refractivity contribution < 1.29 is 53.2 Å². The molecule has 0 N–H and O–H groups in total. The van der Waals surface area contributed by atoms with Crippen molar-refractivity contribution in [2.75, 3.05) is 9.80 Å². The van der Waals surface area contributed by atoms with Gasteiger partial charge in [0.25, 0.3) is 0 Å². The van der Waals surface area contributed by atoms with E-state index in [0.29, 0.717) is 17.2 Å². The quantitative estimate of drug-likeness (QED) is 0.107. The molecular weight excluding hydrogens is 1170 g/mol. The van der Waals surface area contributed by atoms with Crippen LogP contribution in [0.25, 0.3) is 38.8 Å². The Morgan fingerprint density at radius 3 is 1.64 bits per heavy atom. The van der Waals surface area contributed by atoms with Crippen LogP contribution < -0.4 is 25.5 Å². The normalized spacial score (nSPS) is 15.8. The molecule has 0 atom stereocenters. The fourth-order valence-corrected chi connectivity index (χ4v) is 10.2. The van der Waals surface area contributed by atoms with Crippen LogP contribution in [0, 0.1) is 18.8 Å². The maximum absolute atomic E-state index is 6.90. The summed E-state index contributed by atoms with van der Waals surface area (Å²) in [5.74, 6) is 1.72. The van der Waals surface area contributed by atoms with E-state index in [4.69, 9.17) is 42.1 Å². The van der Waals surface area contributed by atoms with Gasteiger partial charge in [-0.3, -0.25) is 0 Å². The number of ether oxygens (including phenoxy) is 1. The average Bonchev–Trinajstić information content (AvgIpc) is 4.07. The third-order valence-corrected chi connectivity index (χ3v) is 14.5. The number of benzene rings is 5. The van der Waals surface area contributed by atoms with E-state index in [-0.39, 0.29) is 47.7 Å². The maximum atomic E-state index is 6.90. The van der Waals surface area contributed by atoms with E-state index in [1.807, 2.05) is 43.2 Å². The van der Waals surface area contributed by atoms with Crippen LogP contribution in [0.3, 0.4) is 0 Å². The van der Waals surface area contributed by atoms with Gasteiger partial charge in [0.15, 0.2) is 0 Å². The van der Waals surface area contributed by atoms with Gasteiger partial charge in [0.05, 0.1) is 0 Å². The molecule has 19 heteroatoms. The summed E-state index contributed by atoms with van der Waals surface area (Å²) in [7, 11) is -4.03. The van der Waals surface area contributed by atoms with E-state index in [9.17, 15) is 0 Å². The molecule has 0 saturated carbocycles. The molecule has 3 aliphatic rings. The Balaban J connectivity index is 0.00000720. The molecule has 0 bridgehead atoms. The van der Waals surface area contributed by atoms with E-state index in [1.165, 1.54) is 5.56 Å². The summed E-state index contributed by atoms with van der Waals surface area (Å²) < 4.78 is 49.7. The van der Waals surface area contributed by atoms with Gasteiger partial charge in [-0.05, 0) is 85.3 Å². The first kappa shape index (κ1) is 57.7. The second-order valence-electron chi connectivity index (χ2n) is 26.5. The number of para-hydroxylation sites is 3. The van der Waals surface area contributed by atoms with Crippen LogP contribution in [0.1, 0.15) is 109 Å². The molecule has 0 aliphatic carbocycles. The number of fused-ring (bicyclic) bond motifs is 4. The Morgan fingerprint density at radius 1 is 0.512 bits per heavy atom. The van der Waals surface area contributed by atoms with Crippen LogP contribution in [-0.2, 0) is 53.9 Å². The third-order valence-electron chi connectivity index (χ3n) is 14.5. The fourth-order valence-electron chi connectivity index (χ4n) is 10.2. The topological polar surface area (TPSA) is 102 Å². The van der Waals surface area contributed by atoms with Crippen LogP contribution in [0.15, 0.2) is 134 Å². The molecule has 5 aromatic carbocycles. The summed E-state index contributed by atoms with van der Waals surface area (Å²) in [5.41, 5.74) is 9.97. The molecule has 11 rings (SSSR count). The molecular formula is C61H68B6N5O7Pt-3. The monoisotopic (exact) mass is 1240 g/mol. The van der Waals surface area contributed by atoms with Crippen LogP contribution in [-0.4, -0.2) is 57.2 Å². The van der Waals surface area contributed by atoms with Crippen molar-refractivity contribution in [2.24, 2.45) is 0 Å². The zero-order chi connectivity index (χ0) is 56.0. The van der Waals surface area contributed by atoms with Crippen molar-refractivity contribution in [1.29, 1.82) is 0 Å². The number of aromatic nitrogens is 3. The smallest absolute Gasteiger partial charge is 0.468 e. The first-order chi connectivity index (χ1) is 37.3. The second kappa shape index (κ2) is 21.6. The van der Waals surface area contributed by atoms with Gasteiger partial charge in [0.1, 0.15) is 5.82 Å². The summed E-state index contributed by atoms with van der Waals surface area (Å²) >= 11 is 0. The first-order valence-electron chi connectivity index (χ1n) is 27.5. The maximum Gasteiger partial charge on any atom is 0.468 e. The Kier molecular flexibility index (Phi) is 15.6. The summed E-state index contributed by atoms with van der Waals surface area (Å²) in [6, 6.07) is 47.0. The minimum atomic E-state index is -0.843. The molecule has 80 heavy (non-hydrogen) atoms. The van der Waals surface area contributed by atoms with Gasteiger partial charge in [-0.25, -0.2) is 4.98 Å². The van der Waals surface area contributed by atoms with Gasteiger partial charge in [-0.2, -0.15) is 6.07 Å². The Hall–Kier alpha value is -5.56. The molecule has 2 fully saturated rings. The van der Waals surface area contributed by atoms with Gasteiger partial charge in [0, 0.05) is 72.3 Å². The van der Waals surface area contributed by atoms with Crippen molar-refractivity contribution in [1.82, 2.24) is 14.5 Å². The summed E-state index contributed by atoms with van der Waals surface area (Å²) in [4.78, 5) is 13.9. The van der Waals surface area contributed by atoms with E-state index < -0.39 is 42.7 Å². The molecule has 0 amide bonds. The van der Waals surface area contributed by atoms with Crippen molar-refractivity contribution in [3.05, 3.63) is 158 Å². The molecule has 410 valence electrons. The Labute approximate surface area is 490 Å². The molecule has 0 unspecified atom stereocenters. The van der Waals surface area contributed by atoms with Gasteiger partial charge < -0.3 is 51.5 Å². The summed E-state index contributed by atoms with van der Waals surface area (Å²) in [6.45, 7) is 34.1. The Morgan fingerprint density at radius 2 is 1.07 bits per heavy atom. The van der Waals surface area contributed by atoms with Gasteiger partial charge in [-0.1, -0.05) is 194 Å². The third kappa shape index (κ3) is 11.5. The number of pyridine rings is 2. The summed E-state index contributed by atoms with van der Waals surface area (Å²) in [6.07, 6.45) is 5.36. The zero-order valence-electron chi connectivity index (χ0n) is 48.7. The van der Waals surface area contributed by atoms with Gasteiger partial charge >= 0.3 is 42.7 Å². The van der Waals surface area contributed by atoms with Crippen LogP contribution in [0.4, 0.5) is 22.7 Å². The summed E-state index contributed by atoms with van der Waals surface area (Å²) in [5, 5.41) is 0.613. The van der Waals surface area contributed by atoms with Crippen molar-refractivity contribution >= 4 is 98.2 Å². The molecule has 6 heterocycles. The van der Waals surface area contributed by atoms with Crippen molar-refractivity contribution in [3.63, 3.8) is 0 Å². The second-order valence-corrected chi connectivity index (χ2v) is 26.5. The van der Waals surface area contributed by atoms with Crippen LogP contribution >= 0.6 is 0 Å². The molecule has 8 aromatic rings. The van der Waals surface area contributed by atoms with Crippen LogP contribution in [0.5, 0.6) is 11.5 Å². The minimum Gasteiger partial charge on any atom is -0.508 e. The molecule has 3 aromatic heterocycles. The number of anilines is 4. The molecule has 12 nitrogen and oxygen atoms in total. The molecule has 0 radical (unpaired) electrons. The number of hydrogen-bond donors (Lipinski definition) is 0. The van der Waals surface area contributed by atoms with Crippen molar-refractivity contribution in [2.45, 2.75) is 131 Å².